The zero-order chi connectivity index (χ0) is 16.8. The van der Waals surface area contributed by atoms with Crippen LogP contribution in [0.2, 0.25) is 5.02 Å². The van der Waals surface area contributed by atoms with Crippen molar-refractivity contribution in [2.75, 3.05) is 51.3 Å². The monoisotopic (exact) mass is 346 g/mol. The Morgan fingerprint density at radius 3 is 2.12 bits per heavy atom. The van der Waals surface area contributed by atoms with E-state index >= 15 is 0 Å². The molecule has 2 aromatic rings. The fourth-order valence-electron chi connectivity index (χ4n) is 2.85. The Morgan fingerprint density at radius 2 is 1.50 bits per heavy atom. The third-order valence-corrected chi connectivity index (χ3v) is 4.55. The van der Waals surface area contributed by atoms with Gasteiger partial charge in [-0.25, -0.2) is 0 Å². The van der Waals surface area contributed by atoms with Gasteiger partial charge >= 0.3 is 0 Å². The van der Waals surface area contributed by atoms with Gasteiger partial charge in [0.1, 0.15) is 18.1 Å². The highest BCUT2D eigenvalue weighted by molar-refractivity contribution is 6.30. The SMILES string of the molecule is COc1ccc(N2CCN(CCOc3ccc(Cl)cc3)CC2)cc1. The summed E-state index contributed by atoms with van der Waals surface area (Å²) >= 11 is 5.87. The summed E-state index contributed by atoms with van der Waals surface area (Å²) in [6.45, 7) is 5.82. The number of halogens is 1. The number of methoxy groups -OCH3 is 1. The molecule has 1 saturated heterocycles. The first-order valence-electron chi connectivity index (χ1n) is 8.24. The Morgan fingerprint density at radius 1 is 0.875 bits per heavy atom. The van der Waals surface area contributed by atoms with Crippen LogP contribution in [0.5, 0.6) is 11.5 Å². The second-order valence-corrected chi connectivity index (χ2v) is 6.27. The van der Waals surface area contributed by atoms with Gasteiger partial charge in [-0.15, -0.1) is 0 Å². The highest BCUT2D eigenvalue weighted by atomic mass is 35.5. The molecule has 0 saturated carbocycles. The Hall–Kier alpha value is -1.91. The number of piperazine rings is 1. The van der Waals surface area contributed by atoms with Gasteiger partial charge in [0.05, 0.1) is 7.11 Å². The third-order valence-electron chi connectivity index (χ3n) is 4.30. The summed E-state index contributed by atoms with van der Waals surface area (Å²) in [5.74, 6) is 1.77. The molecule has 0 amide bonds. The molecule has 2 aromatic carbocycles. The average molecular weight is 347 g/mol. The van der Waals surface area contributed by atoms with Crippen LogP contribution in [0.4, 0.5) is 5.69 Å². The topological polar surface area (TPSA) is 24.9 Å². The normalized spacial score (nSPS) is 15.3. The van der Waals surface area contributed by atoms with Gasteiger partial charge in [0.15, 0.2) is 0 Å². The summed E-state index contributed by atoms with van der Waals surface area (Å²) in [4.78, 5) is 4.85. The molecule has 0 radical (unpaired) electrons. The molecule has 1 aliphatic rings. The summed E-state index contributed by atoms with van der Waals surface area (Å²) in [5.41, 5.74) is 1.26. The van der Waals surface area contributed by atoms with Crippen LogP contribution in [0.25, 0.3) is 0 Å². The summed E-state index contributed by atoms with van der Waals surface area (Å²) in [6.07, 6.45) is 0. The Labute approximate surface area is 148 Å². The summed E-state index contributed by atoms with van der Waals surface area (Å²) in [7, 11) is 1.69. The minimum absolute atomic E-state index is 0.699. The lowest BCUT2D eigenvalue weighted by atomic mass is 10.2. The lowest BCUT2D eigenvalue weighted by molar-refractivity contribution is 0.200. The van der Waals surface area contributed by atoms with E-state index in [0.29, 0.717) is 6.61 Å². The summed E-state index contributed by atoms with van der Waals surface area (Å²) in [5, 5.41) is 0.733. The molecule has 5 heteroatoms. The molecule has 0 aromatic heterocycles. The molecule has 4 nitrogen and oxygen atoms in total. The highest BCUT2D eigenvalue weighted by Gasteiger charge is 2.17. The molecule has 0 aliphatic carbocycles. The van der Waals surface area contributed by atoms with Crippen molar-refractivity contribution in [1.82, 2.24) is 4.90 Å². The van der Waals surface area contributed by atoms with E-state index in [1.807, 2.05) is 36.4 Å². The van der Waals surface area contributed by atoms with E-state index in [2.05, 4.69) is 21.9 Å². The number of ether oxygens (including phenoxy) is 2. The van der Waals surface area contributed by atoms with Gasteiger partial charge in [0.25, 0.3) is 0 Å². The number of nitrogens with zero attached hydrogens (tertiary/aromatic N) is 2. The van der Waals surface area contributed by atoms with Gasteiger partial charge in [-0.2, -0.15) is 0 Å². The van der Waals surface area contributed by atoms with Crippen molar-refractivity contribution in [3.8, 4) is 11.5 Å². The largest absolute Gasteiger partial charge is 0.497 e. The van der Waals surface area contributed by atoms with E-state index in [4.69, 9.17) is 21.1 Å². The molecule has 0 spiro atoms. The van der Waals surface area contributed by atoms with Crippen LogP contribution < -0.4 is 14.4 Å². The molecular formula is C19H23ClN2O2. The van der Waals surface area contributed by atoms with Crippen LogP contribution in [0.3, 0.4) is 0 Å². The Balaban J connectivity index is 1.40. The summed E-state index contributed by atoms with van der Waals surface area (Å²) in [6, 6.07) is 15.8. The van der Waals surface area contributed by atoms with Crippen molar-refractivity contribution in [1.29, 1.82) is 0 Å². The maximum atomic E-state index is 5.87. The second-order valence-electron chi connectivity index (χ2n) is 5.83. The molecule has 3 rings (SSSR count). The quantitative estimate of drug-likeness (QED) is 0.798. The van der Waals surface area contributed by atoms with E-state index in [1.165, 1.54) is 5.69 Å². The molecule has 128 valence electrons. The second kappa shape index (κ2) is 8.27. The molecule has 0 bridgehead atoms. The maximum Gasteiger partial charge on any atom is 0.119 e. The third kappa shape index (κ3) is 4.56. The van der Waals surface area contributed by atoms with Crippen LogP contribution in [0.15, 0.2) is 48.5 Å². The Bertz CT molecular complexity index is 623. The zero-order valence-electron chi connectivity index (χ0n) is 14.0. The molecule has 1 heterocycles. The molecule has 24 heavy (non-hydrogen) atoms. The van der Waals surface area contributed by atoms with Gasteiger partial charge in [-0.3, -0.25) is 4.90 Å². The van der Waals surface area contributed by atoms with E-state index in [9.17, 15) is 0 Å². The molecule has 1 fully saturated rings. The van der Waals surface area contributed by atoms with Crippen LogP contribution in [-0.4, -0.2) is 51.3 Å². The zero-order valence-corrected chi connectivity index (χ0v) is 14.7. The van der Waals surface area contributed by atoms with Crippen molar-refractivity contribution in [3.63, 3.8) is 0 Å². The number of anilines is 1. The number of benzene rings is 2. The minimum atomic E-state index is 0.699. The molecule has 0 unspecified atom stereocenters. The van der Waals surface area contributed by atoms with Gasteiger partial charge in [-0.1, -0.05) is 11.6 Å². The van der Waals surface area contributed by atoms with Crippen molar-refractivity contribution in [2.45, 2.75) is 0 Å². The fraction of sp³-hybridized carbons (Fsp3) is 0.368. The molecule has 0 N–H and O–H groups in total. The first-order valence-corrected chi connectivity index (χ1v) is 8.62. The van der Waals surface area contributed by atoms with Crippen molar-refractivity contribution in [3.05, 3.63) is 53.6 Å². The van der Waals surface area contributed by atoms with Crippen molar-refractivity contribution >= 4 is 17.3 Å². The van der Waals surface area contributed by atoms with E-state index < -0.39 is 0 Å². The van der Waals surface area contributed by atoms with E-state index in [1.54, 1.807) is 7.11 Å². The summed E-state index contributed by atoms with van der Waals surface area (Å²) < 4.78 is 11.0. The van der Waals surface area contributed by atoms with Crippen LogP contribution in [0, 0.1) is 0 Å². The molecular weight excluding hydrogens is 324 g/mol. The van der Waals surface area contributed by atoms with Crippen molar-refractivity contribution in [2.24, 2.45) is 0 Å². The first kappa shape index (κ1) is 16.9. The number of rotatable bonds is 6. The first-order chi connectivity index (χ1) is 11.7. The van der Waals surface area contributed by atoms with Crippen LogP contribution in [-0.2, 0) is 0 Å². The lowest BCUT2D eigenvalue weighted by Gasteiger charge is -2.36. The van der Waals surface area contributed by atoms with E-state index in [-0.39, 0.29) is 0 Å². The predicted octanol–water partition coefficient (Wildman–Crippen LogP) is 3.55. The number of hydrogen-bond donors (Lipinski definition) is 0. The van der Waals surface area contributed by atoms with Crippen LogP contribution >= 0.6 is 11.6 Å². The van der Waals surface area contributed by atoms with E-state index in [0.717, 1.165) is 49.2 Å². The van der Waals surface area contributed by atoms with Gasteiger partial charge in [0.2, 0.25) is 0 Å². The standard InChI is InChI=1S/C19H23ClN2O2/c1-23-18-8-4-17(5-9-18)22-12-10-21(11-13-22)14-15-24-19-6-2-16(20)3-7-19/h2-9H,10-15H2,1H3. The maximum absolute atomic E-state index is 5.87. The van der Waals surface area contributed by atoms with Gasteiger partial charge in [0, 0.05) is 43.4 Å². The van der Waals surface area contributed by atoms with Gasteiger partial charge in [-0.05, 0) is 48.5 Å². The number of hydrogen-bond acceptors (Lipinski definition) is 4. The smallest absolute Gasteiger partial charge is 0.119 e. The highest BCUT2D eigenvalue weighted by Crippen LogP contribution is 2.20. The predicted molar refractivity (Wildman–Crippen MR) is 98.6 cm³/mol. The fourth-order valence-corrected chi connectivity index (χ4v) is 2.97. The van der Waals surface area contributed by atoms with Crippen molar-refractivity contribution < 1.29 is 9.47 Å². The lowest BCUT2D eigenvalue weighted by Crippen LogP contribution is -2.47. The van der Waals surface area contributed by atoms with Crippen LogP contribution in [0.1, 0.15) is 0 Å². The molecule has 0 atom stereocenters. The minimum Gasteiger partial charge on any atom is -0.497 e. The Kier molecular flexibility index (Phi) is 5.83. The van der Waals surface area contributed by atoms with Gasteiger partial charge < -0.3 is 14.4 Å². The average Bonchev–Trinajstić information content (AvgIpc) is 2.64. The molecule has 1 aliphatic heterocycles.